The molecule has 3 atom stereocenters. The van der Waals surface area contributed by atoms with Gasteiger partial charge in [0.1, 0.15) is 36.7 Å². The van der Waals surface area contributed by atoms with Crippen molar-refractivity contribution < 1.29 is 27.9 Å². The number of anilines is 1. The predicted octanol–water partition coefficient (Wildman–Crippen LogP) is 4.87. The number of thioether (sulfide) groups is 1. The highest BCUT2D eigenvalue weighted by molar-refractivity contribution is 8.14. The van der Waals surface area contributed by atoms with E-state index >= 15 is 4.39 Å². The molecule has 2 aliphatic rings. The van der Waals surface area contributed by atoms with Gasteiger partial charge in [-0.15, -0.1) is 0 Å². The third kappa shape index (κ3) is 4.45. The summed E-state index contributed by atoms with van der Waals surface area (Å²) in [5.41, 5.74) is 5.02. The lowest BCUT2D eigenvalue weighted by atomic mass is 9.84. The average Bonchev–Trinajstić information content (AvgIpc) is 3.25. The van der Waals surface area contributed by atoms with Crippen molar-refractivity contribution in [3.8, 4) is 0 Å². The van der Waals surface area contributed by atoms with Gasteiger partial charge >= 0.3 is 6.09 Å². The van der Waals surface area contributed by atoms with Crippen LogP contribution in [0.5, 0.6) is 0 Å². The highest BCUT2D eigenvalue weighted by atomic mass is 32.2. The first-order chi connectivity index (χ1) is 16.0. The van der Waals surface area contributed by atoms with Gasteiger partial charge in [-0.05, 0) is 30.7 Å². The Balaban J connectivity index is 1.75. The Morgan fingerprint density at radius 3 is 2.79 bits per heavy atom. The van der Waals surface area contributed by atoms with E-state index < -0.39 is 42.9 Å². The largest absolute Gasteiger partial charge is 0.465 e. The molecule has 2 heterocycles. The van der Waals surface area contributed by atoms with Crippen molar-refractivity contribution in [2.24, 2.45) is 10.9 Å². The number of benzene rings is 1. The molecular weight excluding hydrogens is 482 g/mol. The van der Waals surface area contributed by atoms with E-state index in [1.165, 1.54) is 36.2 Å². The molecule has 0 spiro atoms. The summed E-state index contributed by atoms with van der Waals surface area (Å²) in [6, 6.07) is 6.44. The lowest BCUT2D eigenvalue weighted by Crippen LogP contribution is -2.44. The average molecular weight is 511 g/mol. The van der Waals surface area contributed by atoms with Crippen molar-refractivity contribution in [2.75, 3.05) is 25.7 Å². The number of nitrogens with two attached hydrogens (primary N) is 1. The van der Waals surface area contributed by atoms with E-state index in [1.807, 2.05) is 0 Å². The maximum atomic E-state index is 15.0. The summed E-state index contributed by atoms with van der Waals surface area (Å²) < 4.78 is 39.8. The summed E-state index contributed by atoms with van der Waals surface area (Å²) in [6.07, 6.45) is 0.520. The van der Waals surface area contributed by atoms with Crippen molar-refractivity contribution in [2.45, 2.75) is 42.4 Å². The molecule has 1 fully saturated rings. The van der Waals surface area contributed by atoms with Gasteiger partial charge in [-0.1, -0.05) is 36.6 Å². The van der Waals surface area contributed by atoms with Gasteiger partial charge in [-0.3, -0.25) is 0 Å². The molecule has 1 aromatic carbocycles. The summed E-state index contributed by atoms with van der Waals surface area (Å²) in [7, 11) is -1.38. The maximum absolute atomic E-state index is 15.0. The van der Waals surface area contributed by atoms with E-state index in [-0.39, 0.29) is 23.1 Å². The number of nitrogen functional groups attached to an aromatic ring is 1. The molecule has 4 rings (SSSR count). The third-order valence-electron chi connectivity index (χ3n) is 6.27. The van der Waals surface area contributed by atoms with E-state index in [0.29, 0.717) is 18.7 Å². The van der Waals surface area contributed by atoms with Crippen LogP contribution in [0.1, 0.15) is 17.7 Å². The smallest absolute Gasteiger partial charge is 0.415 e. The first kappa shape index (κ1) is 24.7. The van der Waals surface area contributed by atoms with E-state index in [4.69, 9.17) is 15.0 Å². The molecule has 2 aromatic rings. The molecule has 0 bridgehead atoms. The Hall–Kier alpha value is -2.44. The molecule has 1 amide bonds. The number of rotatable bonds is 8. The number of aliphatic imine (C=N–C) groups is 1. The van der Waals surface area contributed by atoms with Crippen molar-refractivity contribution in [3.05, 3.63) is 47.6 Å². The normalized spacial score (nSPS) is 26.0. The fourth-order valence-corrected chi connectivity index (χ4v) is 6.60. The quantitative estimate of drug-likeness (QED) is 0.225. The van der Waals surface area contributed by atoms with Crippen LogP contribution in [-0.2, 0) is 15.0 Å². The van der Waals surface area contributed by atoms with E-state index in [1.54, 1.807) is 6.07 Å². The fraction of sp³-hybridized carbons (Fsp3) is 0.500. The van der Waals surface area contributed by atoms with Crippen molar-refractivity contribution in [3.63, 3.8) is 0 Å². The lowest BCUT2D eigenvalue weighted by molar-refractivity contribution is 0.0699. The second kappa shape index (κ2) is 8.97. The van der Waals surface area contributed by atoms with Gasteiger partial charge in [-0.2, -0.15) is 0 Å². The van der Waals surface area contributed by atoms with Crippen molar-refractivity contribution in [1.82, 2.24) is 10.1 Å². The standard InChI is InChI=1S/C22H28F2N4O4SSi/c1-34(2,3)9-8-31-13-28(20(29)30)19-26-21(12-23,15-10-14(25)4-5-16(15)24)17-11-22(17,33-19)18-6-7-32-27-18/h4-7,10,17H,8-9,11-13,25H2,1-3H3,(H,29,30)/t17-,21+,22-/m0/s1. The number of nitrogens with zero attached hydrogens (tertiary/aromatic N) is 3. The second-order valence-corrected chi connectivity index (χ2v) is 16.8. The zero-order valence-electron chi connectivity index (χ0n) is 19.3. The number of halogens is 2. The van der Waals surface area contributed by atoms with Gasteiger partial charge in [0.15, 0.2) is 5.17 Å². The molecule has 184 valence electrons. The van der Waals surface area contributed by atoms with Gasteiger partial charge in [0, 0.05) is 37.9 Å². The third-order valence-corrected chi connectivity index (χ3v) is 9.49. The Morgan fingerprint density at radius 2 is 2.18 bits per heavy atom. The monoisotopic (exact) mass is 510 g/mol. The molecule has 0 saturated heterocycles. The second-order valence-electron chi connectivity index (χ2n) is 9.88. The van der Waals surface area contributed by atoms with Gasteiger partial charge in [-0.25, -0.2) is 23.5 Å². The summed E-state index contributed by atoms with van der Waals surface area (Å²) in [5.74, 6) is -1.13. The van der Waals surface area contributed by atoms with E-state index in [9.17, 15) is 14.3 Å². The highest BCUT2D eigenvalue weighted by Crippen LogP contribution is 2.71. The topological polar surface area (TPSA) is 114 Å². The SMILES string of the molecule is C[Si](C)(C)CCOCN(C(=O)O)C1=N[C@](CF)(c2cc(N)ccc2F)[C@@H]2C[C@]2(c2ccon2)S1. The number of fused-ring (bicyclic) bond motifs is 1. The molecule has 1 aliphatic carbocycles. The number of alkyl halides is 1. The van der Waals surface area contributed by atoms with Crippen LogP contribution in [-0.4, -0.2) is 54.5 Å². The van der Waals surface area contributed by atoms with Crippen LogP contribution in [0, 0.1) is 11.7 Å². The van der Waals surface area contributed by atoms with Crippen molar-refractivity contribution >= 4 is 36.8 Å². The zero-order chi connectivity index (χ0) is 24.7. The Kier molecular flexibility index (Phi) is 6.51. The minimum absolute atomic E-state index is 0.00633. The number of carbonyl (C=O) groups is 1. The molecule has 34 heavy (non-hydrogen) atoms. The number of hydrogen-bond donors (Lipinski definition) is 2. The fourth-order valence-electron chi connectivity index (χ4n) is 4.27. The zero-order valence-corrected chi connectivity index (χ0v) is 21.1. The van der Waals surface area contributed by atoms with Gasteiger partial charge < -0.3 is 20.1 Å². The Bertz CT molecular complexity index is 1100. The van der Waals surface area contributed by atoms with Gasteiger partial charge in [0.2, 0.25) is 0 Å². The van der Waals surface area contributed by atoms with Crippen LogP contribution in [0.2, 0.25) is 25.7 Å². The lowest BCUT2D eigenvalue weighted by Gasteiger charge is -2.37. The Labute approximate surface area is 201 Å². The minimum Gasteiger partial charge on any atom is -0.465 e. The summed E-state index contributed by atoms with van der Waals surface area (Å²) in [5, 5.41) is 14.0. The molecule has 0 unspecified atom stereocenters. The minimum atomic E-state index is -1.66. The first-order valence-electron chi connectivity index (χ1n) is 10.9. The summed E-state index contributed by atoms with van der Waals surface area (Å²) in [4.78, 5) is 17.7. The number of amides is 1. The number of hydrogen-bond acceptors (Lipinski definition) is 7. The predicted molar refractivity (Wildman–Crippen MR) is 129 cm³/mol. The molecule has 1 aliphatic heterocycles. The summed E-state index contributed by atoms with van der Waals surface area (Å²) in [6.45, 7) is 5.66. The van der Waals surface area contributed by atoms with Crippen LogP contribution in [0.4, 0.5) is 19.3 Å². The molecule has 0 radical (unpaired) electrons. The summed E-state index contributed by atoms with van der Waals surface area (Å²) >= 11 is 1.17. The number of ether oxygens (including phenoxy) is 1. The molecular formula is C22H28F2N4O4SSi. The van der Waals surface area contributed by atoms with Crippen LogP contribution in [0.25, 0.3) is 0 Å². The van der Waals surface area contributed by atoms with Crippen LogP contribution >= 0.6 is 11.8 Å². The molecule has 12 heteroatoms. The van der Waals surface area contributed by atoms with Gasteiger partial charge in [0.05, 0.1) is 4.75 Å². The van der Waals surface area contributed by atoms with Crippen LogP contribution in [0.3, 0.4) is 0 Å². The number of carboxylic acid groups (broad SMARTS) is 1. The van der Waals surface area contributed by atoms with Crippen LogP contribution in [0.15, 0.2) is 40.0 Å². The van der Waals surface area contributed by atoms with E-state index in [0.717, 1.165) is 10.9 Å². The van der Waals surface area contributed by atoms with Gasteiger partial charge in [0.25, 0.3) is 0 Å². The number of aromatic nitrogens is 1. The molecule has 1 saturated carbocycles. The van der Waals surface area contributed by atoms with Crippen LogP contribution < -0.4 is 5.73 Å². The van der Waals surface area contributed by atoms with Crippen molar-refractivity contribution in [1.29, 1.82) is 0 Å². The highest BCUT2D eigenvalue weighted by Gasteiger charge is 2.71. The Morgan fingerprint density at radius 1 is 1.41 bits per heavy atom. The maximum Gasteiger partial charge on any atom is 0.415 e. The number of amidine groups is 1. The molecule has 1 aromatic heterocycles. The molecule has 3 N–H and O–H groups in total. The first-order valence-corrected chi connectivity index (χ1v) is 15.4. The molecule has 8 nitrogen and oxygen atoms in total. The van der Waals surface area contributed by atoms with E-state index in [2.05, 4.69) is 29.8 Å².